The maximum absolute atomic E-state index is 5.48. The number of hydrogen-bond acceptors (Lipinski definition) is 2. The van der Waals surface area contributed by atoms with Crippen molar-refractivity contribution in [2.24, 2.45) is 0 Å². The Morgan fingerprint density at radius 2 is 0.878 bits per heavy atom. The largest absolute Gasteiger partial charge is 0.279 e. The Bertz CT molecular complexity index is 4710. The van der Waals surface area contributed by atoms with E-state index >= 15 is 0 Å². The van der Waals surface area contributed by atoms with Crippen LogP contribution >= 0.6 is 0 Å². The standard InChI is InChI=1S/C68H48N6/c1-67(2)51-26-11-8-22-47(51)62-52(67)37-38-60-63(62)48-23-10-15-30-57(48)73(60)65-69-55-28-13-17-32-59(55)72(65)43-35-33-41(34-36-43)44-24-18-25-46-49-39-50-45-21-9-14-29-56(45)74(61(50)40-53(49)68(3,4)64(44)46)66-70-54-27-12-16-31-58(54)71(66)42-19-6-5-7-20-42/h5-40H,1-4H3. The van der Waals surface area contributed by atoms with Crippen molar-refractivity contribution in [1.82, 2.24) is 28.2 Å². The smallest absolute Gasteiger partial charge is 0.220 e. The van der Waals surface area contributed by atoms with Crippen molar-refractivity contribution in [1.29, 1.82) is 0 Å². The SMILES string of the molecule is CC1(C)c2ccccc2-c2c1ccc1c2c2ccccc2n1-c1nc2ccccc2n1-c1ccc(-c2cccc3c2C(C)(C)c2cc4c(cc2-3)c2ccccc2n4-c2nc3ccccc3n2-c2ccccc2)cc1. The van der Waals surface area contributed by atoms with Crippen LogP contribution in [0.15, 0.2) is 218 Å². The number of imidazole rings is 2. The van der Waals surface area contributed by atoms with Gasteiger partial charge in [0, 0.05) is 43.7 Å². The molecule has 0 bridgehead atoms. The van der Waals surface area contributed by atoms with Crippen LogP contribution in [0.1, 0.15) is 49.9 Å². The summed E-state index contributed by atoms with van der Waals surface area (Å²) in [5.41, 5.74) is 23.4. The molecule has 0 aliphatic heterocycles. The molecule has 10 aromatic carbocycles. The van der Waals surface area contributed by atoms with Crippen LogP contribution < -0.4 is 0 Å². The second-order valence-corrected chi connectivity index (χ2v) is 21.4. The number of fused-ring (bicyclic) bond motifs is 15. The molecule has 0 N–H and O–H groups in total. The fourth-order valence-corrected chi connectivity index (χ4v) is 13.5. The Labute approximate surface area is 427 Å². The van der Waals surface area contributed by atoms with Crippen molar-refractivity contribution in [3.8, 4) is 56.7 Å². The fourth-order valence-electron chi connectivity index (χ4n) is 13.5. The van der Waals surface area contributed by atoms with Crippen LogP contribution in [0.5, 0.6) is 0 Å². The highest BCUT2D eigenvalue weighted by molar-refractivity contribution is 6.18. The van der Waals surface area contributed by atoms with Crippen LogP contribution in [0.4, 0.5) is 0 Å². The second-order valence-electron chi connectivity index (χ2n) is 21.4. The minimum Gasteiger partial charge on any atom is -0.279 e. The van der Waals surface area contributed by atoms with Gasteiger partial charge in [0.25, 0.3) is 0 Å². The predicted molar refractivity (Wildman–Crippen MR) is 305 cm³/mol. The summed E-state index contributed by atoms with van der Waals surface area (Å²) < 4.78 is 9.43. The van der Waals surface area contributed by atoms with Crippen molar-refractivity contribution in [2.75, 3.05) is 0 Å². The highest BCUT2D eigenvalue weighted by atomic mass is 15.3. The van der Waals surface area contributed by atoms with E-state index in [0.29, 0.717) is 0 Å². The molecule has 350 valence electrons. The summed E-state index contributed by atoms with van der Waals surface area (Å²) in [4.78, 5) is 10.9. The third-order valence-corrected chi connectivity index (χ3v) is 16.8. The molecule has 0 spiro atoms. The van der Waals surface area contributed by atoms with Gasteiger partial charge >= 0.3 is 0 Å². The Balaban J connectivity index is 0.852. The van der Waals surface area contributed by atoms with Gasteiger partial charge in [0.05, 0.1) is 44.1 Å². The first-order chi connectivity index (χ1) is 36.3. The molecule has 74 heavy (non-hydrogen) atoms. The Hall–Kier alpha value is -9.26. The molecule has 4 heterocycles. The molecule has 6 heteroatoms. The summed E-state index contributed by atoms with van der Waals surface area (Å²) in [6.45, 7) is 9.52. The highest BCUT2D eigenvalue weighted by Gasteiger charge is 2.40. The maximum atomic E-state index is 5.48. The zero-order valence-electron chi connectivity index (χ0n) is 41.5. The third kappa shape index (κ3) is 5.38. The number of hydrogen-bond donors (Lipinski definition) is 0. The van der Waals surface area contributed by atoms with Crippen molar-refractivity contribution in [3.63, 3.8) is 0 Å². The van der Waals surface area contributed by atoms with Gasteiger partial charge in [-0.05, 0) is 134 Å². The molecule has 6 nitrogen and oxygen atoms in total. The molecule has 0 saturated carbocycles. The predicted octanol–water partition coefficient (Wildman–Crippen LogP) is 16.8. The molecular formula is C68H48N6. The van der Waals surface area contributed by atoms with Crippen molar-refractivity contribution in [2.45, 2.75) is 38.5 Å². The van der Waals surface area contributed by atoms with Gasteiger partial charge in [-0.15, -0.1) is 0 Å². The molecular weight excluding hydrogens is 901 g/mol. The van der Waals surface area contributed by atoms with Crippen molar-refractivity contribution < 1.29 is 0 Å². The van der Waals surface area contributed by atoms with E-state index in [9.17, 15) is 0 Å². The molecule has 0 unspecified atom stereocenters. The molecule has 2 aliphatic carbocycles. The number of para-hydroxylation sites is 7. The zero-order chi connectivity index (χ0) is 49.2. The minimum atomic E-state index is -0.310. The van der Waals surface area contributed by atoms with Gasteiger partial charge in [0.2, 0.25) is 11.9 Å². The van der Waals surface area contributed by atoms with Gasteiger partial charge in [-0.2, -0.15) is 0 Å². The summed E-state index contributed by atoms with van der Waals surface area (Å²) in [5, 5.41) is 4.94. The first-order valence-electron chi connectivity index (χ1n) is 25.8. The third-order valence-electron chi connectivity index (χ3n) is 16.8. The summed E-state index contributed by atoms with van der Waals surface area (Å²) in [7, 11) is 0. The van der Waals surface area contributed by atoms with Crippen LogP contribution in [0, 0.1) is 0 Å². The summed E-state index contributed by atoms with van der Waals surface area (Å²) in [6, 6.07) is 79.9. The summed E-state index contributed by atoms with van der Waals surface area (Å²) in [6.07, 6.45) is 0. The molecule has 14 aromatic rings. The summed E-state index contributed by atoms with van der Waals surface area (Å²) >= 11 is 0. The van der Waals surface area contributed by atoms with Gasteiger partial charge in [-0.1, -0.05) is 167 Å². The molecule has 4 aromatic heterocycles. The van der Waals surface area contributed by atoms with Crippen molar-refractivity contribution >= 4 is 65.7 Å². The lowest BCUT2D eigenvalue weighted by Crippen LogP contribution is -2.16. The van der Waals surface area contributed by atoms with Crippen LogP contribution in [0.3, 0.4) is 0 Å². The Morgan fingerprint density at radius 1 is 0.324 bits per heavy atom. The molecule has 0 fully saturated rings. The van der Waals surface area contributed by atoms with E-state index < -0.39 is 0 Å². The number of rotatable bonds is 5. The molecule has 16 rings (SSSR count). The van der Waals surface area contributed by atoms with Gasteiger partial charge in [0.1, 0.15) is 0 Å². The van der Waals surface area contributed by atoms with Gasteiger partial charge in [-0.25, -0.2) is 9.97 Å². The lowest BCUT2D eigenvalue weighted by molar-refractivity contribution is 0.661. The summed E-state index contributed by atoms with van der Waals surface area (Å²) in [5.74, 6) is 1.75. The molecule has 0 amide bonds. The average molecular weight is 949 g/mol. The van der Waals surface area contributed by atoms with E-state index in [1.165, 1.54) is 77.2 Å². The minimum absolute atomic E-state index is 0.105. The second kappa shape index (κ2) is 14.7. The highest BCUT2D eigenvalue weighted by Crippen LogP contribution is 2.55. The van der Waals surface area contributed by atoms with E-state index in [4.69, 9.17) is 9.97 Å². The number of aromatic nitrogens is 6. The van der Waals surface area contributed by atoms with E-state index in [1.807, 2.05) is 0 Å². The topological polar surface area (TPSA) is 45.5 Å². The Kier molecular flexibility index (Phi) is 8.21. The molecule has 0 saturated heterocycles. The first kappa shape index (κ1) is 41.4. The van der Waals surface area contributed by atoms with Gasteiger partial charge < -0.3 is 0 Å². The monoisotopic (exact) mass is 948 g/mol. The lowest BCUT2D eigenvalue weighted by atomic mass is 9.78. The van der Waals surface area contributed by atoms with Gasteiger partial charge in [-0.3, -0.25) is 18.3 Å². The maximum Gasteiger partial charge on any atom is 0.220 e. The molecule has 0 radical (unpaired) electrons. The zero-order valence-corrected chi connectivity index (χ0v) is 41.5. The number of benzene rings is 10. The van der Waals surface area contributed by atoms with Crippen LogP contribution in [-0.4, -0.2) is 28.2 Å². The average Bonchev–Trinajstić information content (AvgIpc) is 4.34. The van der Waals surface area contributed by atoms with E-state index in [1.54, 1.807) is 0 Å². The fraction of sp³-hybridized carbons (Fsp3) is 0.0882. The van der Waals surface area contributed by atoms with E-state index in [2.05, 4.69) is 264 Å². The number of nitrogens with zero attached hydrogens (tertiary/aromatic N) is 6. The van der Waals surface area contributed by atoms with E-state index in [-0.39, 0.29) is 10.8 Å². The van der Waals surface area contributed by atoms with Crippen LogP contribution in [-0.2, 0) is 10.8 Å². The van der Waals surface area contributed by atoms with Gasteiger partial charge in [0.15, 0.2) is 0 Å². The molecule has 2 aliphatic rings. The van der Waals surface area contributed by atoms with Crippen LogP contribution in [0.2, 0.25) is 0 Å². The van der Waals surface area contributed by atoms with Crippen LogP contribution in [0.25, 0.3) is 122 Å². The lowest BCUT2D eigenvalue weighted by Gasteiger charge is -2.25. The molecule has 0 atom stereocenters. The quantitative estimate of drug-likeness (QED) is 0.173. The normalized spacial score (nSPS) is 14.2. The first-order valence-corrected chi connectivity index (χ1v) is 25.8. The Morgan fingerprint density at radius 3 is 1.59 bits per heavy atom. The van der Waals surface area contributed by atoms with E-state index in [0.717, 1.165) is 67.4 Å². The van der Waals surface area contributed by atoms with Crippen molar-refractivity contribution in [3.05, 3.63) is 241 Å².